The summed E-state index contributed by atoms with van der Waals surface area (Å²) in [4.78, 5) is 22.3. The summed E-state index contributed by atoms with van der Waals surface area (Å²) in [6, 6.07) is 2.51. The summed E-state index contributed by atoms with van der Waals surface area (Å²) in [7, 11) is 0. The van der Waals surface area contributed by atoms with Crippen LogP contribution in [0.25, 0.3) is 10.9 Å². The normalized spacial score (nSPS) is 12.7. The maximum Gasteiger partial charge on any atom is 0.407 e. The highest BCUT2D eigenvalue weighted by Crippen LogP contribution is 2.31. The molecule has 0 saturated carbocycles. The van der Waals surface area contributed by atoms with Crippen molar-refractivity contribution in [2.24, 2.45) is 0 Å². The molecule has 2 rings (SSSR count). The number of nitrogens with one attached hydrogen (secondary N) is 2. The number of ether oxygens (including phenoxy) is 2. The first-order valence-electron chi connectivity index (χ1n) is 7.39. The number of nitrogens with zero attached hydrogens (tertiary/aromatic N) is 2. The van der Waals surface area contributed by atoms with Crippen LogP contribution in [0.4, 0.5) is 10.5 Å². The van der Waals surface area contributed by atoms with E-state index < -0.39 is 22.7 Å². The van der Waals surface area contributed by atoms with Crippen molar-refractivity contribution in [1.82, 2.24) is 15.5 Å². The van der Waals surface area contributed by atoms with Crippen molar-refractivity contribution < 1.29 is 19.2 Å². The van der Waals surface area contributed by atoms with Gasteiger partial charge in [0.15, 0.2) is 5.75 Å². The highest BCUT2D eigenvalue weighted by atomic mass is 16.6. The quantitative estimate of drug-likeness (QED) is 0.640. The second-order valence-corrected chi connectivity index (χ2v) is 6.39. The molecule has 2 aromatic rings. The fourth-order valence-corrected chi connectivity index (χ4v) is 1.98. The van der Waals surface area contributed by atoms with Crippen LogP contribution < -0.4 is 10.1 Å². The standard InChI is InChI=1S/C15H20N4O5/c1-9(17-14(20)24-15(2,3)4)8-23-13-6-11-10(7-16-18-11)5-12(13)19(21)22/h5-7,9H,8H2,1-4H3,(H,16,18)(H,17,20)/t9-/m1/s1. The molecule has 0 bridgehead atoms. The fourth-order valence-electron chi connectivity index (χ4n) is 1.98. The van der Waals surface area contributed by atoms with Crippen molar-refractivity contribution in [3.05, 3.63) is 28.4 Å². The van der Waals surface area contributed by atoms with Crippen LogP contribution in [-0.4, -0.2) is 39.5 Å². The van der Waals surface area contributed by atoms with Crippen LogP contribution in [-0.2, 0) is 4.74 Å². The Morgan fingerprint density at radius 2 is 2.17 bits per heavy atom. The Morgan fingerprint density at radius 1 is 1.46 bits per heavy atom. The number of fused-ring (bicyclic) bond motifs is 1. The van der Waals surface area contributed by atoms with E-state index in [2.05, 4.69) is 15.5 Å². The van der Waals surface area contributed by atoms with Gasteiger partial charge in [0.2, 0.25) is 0 Å². The number of hydrogen-bond acceptors (Lipinski definition) is 6. The molecular weight excluding hydrogens is 316 g/mol. The van der Waals surface area contributed by atoms with Gasteiger partial charge in [-0.2, -0.15) is 5.10 Å². The van der Waals surface area contributed by atoms with Gasteiger partial charge < -0.3 is 14.8 Å². The molecule has 2 N–H and O–H groups in total. The summed E-state index contributed by atoms with van der Waals surface area (Å²) in [5.74, 6) is 0.106. The number of carbonyl (C=O) groups excluding carboxylic acids is 1. The van der Waals surface area contributed by atoms with Crippen molar-refractivity contribution in [3.8, 4) is 5.75 Å². The van der Waals surface area contributed by atoms with Crippen LogP contribution in [0.5, 0.6) is 5.75 Å². The van der Waals surface area contributed by atoms with E-state index in [1.807, 2.05) is 0 Å². The number of nitro groups is 1. The molecule has 0 fully saturated rings. The lowest BCUT2D eigenvalue weighted by Crippen LogP contribution is -2.40. The highest BCUT2D eigenvalue weighted by molar-refractivity contribution is 5.83. The number of alkyl carbamates (subject to hydrolysis) is 1. The number of H-pyrrole nitrogens is 1. The summed E-state index contributed by atoms with van der Waals surface area (Å²) in [5.41, 5.74) is -0.133. The third kappa shape index (κ3) is 4.58. The van der Waals surface area contributed by atoms with Gasteiger partial charge in [-0.3, -0.25) is 15.2 Å². The topological polar surface area (TPSA) is 119 Å². The number of amides is 1. The zero-order valence-corrected chi connectivity index (χ0v) is 14.0. The lowest BCUT2D eigenvalue weighted by molar-refractivity contribution is -0.385. The molecule has 0 aliphatic heterocycles. The Hall–Kier alpha value is -2.84. The molecule has 1 aromatic carbocycles. The number of aromatic amines is 1. The minimum absolute atomic E-state index is 0.0553. The summed E-state index contributed by atoms with van der Waals surface area (Å²) in [6.07, 6.45) is 0.927. The Balaban J connectivity index is 2.03. The predicted molar refractivity (Wildman–Crippen MR) is 87.1 cm³/mol. The predicted octanol–water partition coefficient (Wildman–Crippen LogP) is 2.76. The van der Waals surface area contributed by atoms with Crippen molar-refractivity contribution in [2.75, 3.05) is 6.61 Å². The average molecular weight is 336 g/mol. The third-order valence-electron chi connectivity index (χ3n) is 2.97. The largest absolute Gasteiger partial charge is 0.485 e. The van der Waals surface area contributed by atoms with Crippen molar-refractivity contribution in [2.45, 2.75) is 39.3 Å². The average Bonchev–Trinajstić information content (AvgIpc) is 2.88. The van der Waals surface area contributed by atoms with E-state index in [-0.39, 0.29) is 18.0 Å². The molecule has 130 valence electrons. The van der Waals surface area contributed by atoms with Gasteiger partial charge in [-0.25, -0.2) is 4.79 Å². The first-order valence-corrected chi connectivity index (χ1v) is 7.39. The molecule has 1 amide bonds. The van der Waals surface area contributed by atoms with Gasteiger partial charge in [0, 0.05) is 17.5 Å². The fraction of sp³-hybridized carbons (Fsp3) is 0.467. The van der Waals surface area contributed by atoms with E-state index in [9.17, 15) is 14.9 Å². The lowest BCUT2D eigenvalue weighted by atomic mass is 10.2. The molecule has 0 radical (unpaired) electrons. The van der Waals surface area contributed by atoms with Gasteiger partial charge in [-0.15, -0.1) is 0 Å². The summed E-state index contributed by atoms with van der Waals surface area (Å²) >= 11 is 0. The summed E-state index contributed by atoms with van der Waals surface area (Å²) in [6.45, 7) is 7.05. The maximum atomic E-state index is 11.7. The van der Waals surface area contributed by atoms with Gasteiger partial charge in [0.1, 0.15) is 12.2 Å². The van der Waals surface area contributed by atoms with Crippen molar-refractivity contribution >= 4 is 22.7 Å². The molecule has 9 nitrogen and oxygen atoms in total. The van der Waals surface area contributed by atoms with E-state index in [0.717, 1.165) is 0 Å². The van der Waals surface area contributed by atoms with E-state index in [0.29, 0.717) is 10.9 Å². The summed E-state index contributed by atoms with van der Waals surface area (Å²) < 4.78 is 10.7. The van der Waals surface area contributed by atoms with Crippen molar-refractivity contribution in [3.63, 3.8) is 0 Å². The molecule has 24 heavy (non-hydrogen) atoms. The minimum atomic E-state index is -0.602. The number of carbonyl (C=O) groups is 1. The van der Waals surface area contributed by atoms with Crippen LogP contribution in [0.1, 0.15) is 27.7 Å². The minimum Gasteiger partial charge on any atom is -0.485 e. The zero-order valence-electron chi connectivity index (χ0n) is 14.0. The first-order chi connectivity index (χ1) is 11.2. The van der Waals surface area contributed by atoms with Gasteiger partial charge >= 0.3 is 11.8 Å². The molecule has 0 saturated heterocycles. The van der Waals surface area contributed by atoms with Crippen molar-refractivity contribution in [1.29, 1.82) is 0 Å². The Labute approximate surface area is 138 Å². The first kappa shape index (κ1) is 17.5. The van der Waals surface area contributed by atoms with Gasteiger partial charge in [0.25, 0.3) is 0 Å². The Kier molecular flexibility index (Phi) is 4.91. The second-order valence-electron chi connectivity index (χ2n) is 6.39. The smallest absolute Gasteiger partial charge is 0.407 e. The van der Waals surface area contributed by atoms with Crippen LogP contribution in [0.3, 0.4) is 0 Å². The maximum absolute atomic E-state index is 11.7. The SMILES string of the molecule is C[C@H](COc1cc2[nH]ncc2cc1[N+](=O)[O-])NC(=O)OC(C)(C)C. The summed E-state index contributed by atoms with van der Waals surface area (Å²) in [5, 5.41) is 21.0. The molecule has 1 heterocycles. The molecule has 0 aliphatic carbocycles. The molecule has 9 heteroatoms. The van der Waals surface area contributed by atoms with Crippen LogP contribution in [0.2, 0.25) is 0 Å². The van der Waals surface area contributed by atoms with Gasteiger partial charge in [-0.05, 0) is 27.7 Å². The molecule has 0 unspecified atom stereocenters. The zero-order chi connectivity index (χ0) is 17.9. The number of nitro benzene ring substituents is 1. The highest BCUT2D eigenvalue weighted by Gasteiger charge is 2.20. The molecule has 0 spiro atoms. The van der Waals surface area contributed by atoms with E-state index >= 15 is 0 Å². The third-order valence-corrected chi connectivity index (χ3v) is 2.97. The van der Waals surface area contributed by atoms with Crippen LogP contribution in [0, 0.1) is 10.1 Å². The Morgan fingerprint density at radius 3 is 2.79 bits per heavy atom. The second kappa shape index (κ2) is 6.73. The number of aromatic nitrogens is 2. The Bertz CT molecular complexity index is 750. The molecule has 1 atom stereocenters. The number of hydrogen-bond donors (Lipinski definition) is 2. The monoisotopic (exact) mass is 336 g/mol. The van der Waals surface area contributed by atoms with Crippen LogP contribution in [0.15, 0.2) is 18.3 Å². The number of rotatable bonds is 5. The van der Waals surface area contributed by atoms with E-state index in [4.69, 9.17) is 9.47 Å². The van der Waals surface area contributed by atoms with E-state index in [1.165, 1.54) is 18.3 Å². The number of benzene rings is 1. The molecule has 0 aliphatic rings. The molecular formula is C15H20N4O5. The van der Waals surface area contributed by atoms with E-state index in [1.54, 1.807) is 27.7 Å². The van der Waals surface area contributed by atoms with Gasteiger partial charge in [-0.1, -0.05) is 0 Å². The molecule has 1 aromatic heterocycles. The van der Waals surface area contributed by atoms with Gasteiger partial charge in [0.05, 0.1) is 22.7 Å². The lowest BCUT2D eigenvalue weighted by Gasteiger charge is -2.22. The van der Waals surface area contributed by atoms with Crippen LogP contribution >= 0.6 is 0 Å².